The average molecular weight is 291 g/mol. The minimum Gasteiger partial charge on any atom is -0.481 e. The van der Waals surface area contributed by atoms with Crippen molar-refractivity contribution >= 4 is 11.9 Å². The maximum Gasteiger partial charge on any atom is 0.308 e. The van der Waals surface area contributed by atoms with Crippen LogP contribution in [0.2, 0.25) is 0 Å². The lowest BCUT2D eigenvalue weighted by Gasteiger charge is -2.16. The van der Waals surface area contributed by atoms with E-state index in [1.54, 1.807) is 0 Å². The van der Waals surface area contributed by atoms with Gasteiger partial charge >= 0.3 is 5.97 Å². The van der Waals surface area contributed by atoms with Crippen LogP contribution in [0, 0.1) is 12.8 Å². The number of carbonyl (C=O) groups excluding carboxylic acids is 1. The van der Waals surface area contributed by atoms with Gasteiger partial charge in [0.25, 0.3) is 0 Å². The molecule has 1 saturated heterocycles. The first-order valence-corrected chi connectivity index (χ1v) is 7.24. The standard InChI is InChI=1S/C16H21NO4/c1-11-4-2-5-12(8-11)9-13(16(19)20)10-17-15(18)14-6-3-7-21-14/h2,4-5,8,13-14H,3,6-7,9-10H2,1H3,(H,17,18)(H,19,20). The van der Waals surface area contributed by atoms with Crippen molar-refractivity contribution in [1.82, 2.24) is 5.32 Å². The second-order valence-corrected chi connectivity index (χ2v) is 5.48. The molecule has 1 aliphatic heterocycles. The molecule has 1 aliphatic rings. The topological polar surface area (TPSA) is 75.6 Å². The Kier molecular flexibility index (Phi) is 5.33. The number of nitrogens with one attached hydrogen (secondary N) is 1. The highest BCUT2D eigenvalue weighted by Gasteiger charge is 2.25. The fourth-order valence-corrected chi connectivity index (χ4v) is 2.49. The van der Waals surface area contributed by atoms with Crippen LogP contribution in [0.25, 0.3) is 0 Å². The van der Waals surface area contributed by atoms with E-state index in [1.165, 1.54) is 0 Å². The van der Waals surface area contributed by atoms with Crippen molar-refractivity contribution in [3.63, 3.8) is 0 Å². The largest absolute Gasteiger partial charge is 0.481 e. The molecule has 1 amide bonds. The molecule has 1 heterocycles. The molecule has 0 bridgehead atoms. The molecule has 2 atom stereocenters. The number of hydrogen-bond acceptors (Lipinski definition) is 3. The molecule has 1 aromatic rings. The number of carboxylic acid groups (broad SMARTS) is 1. The Morgan fingerprint density at radius 3 is 2.90 bits per heavy atom. The Morgan fingerprint density at radius 2 is 2.29 bits per heavy atom. The molecule has 1 fully saturated rings. The molecule has 114 valence electrons. The highest BCUT2D eigenvalue weighted by Crippen LogP contribution is 2.13. The third kappa shape index (κ3) is 4.56. The Morgan fingerprint density at radius 1 is 1.48 bits per heavy atom. The quantitative estimate of drug-likeness (QED) is 0.833. The van der Waals surface area contributed by atoms with Gasteiger partial charge in [0, 0.05) is 13.2 Å². The summed E-state index contributed by atoms with van der Waals surface area (Å²) in [5.41, 5.74) is 2.06. The molecular weight excluding hydrogens is 270 g/mol. The van der Waals surface area contributed by atoms with Gasteiger partial charge in [0.2, 0.25) is 5.91 Å². The Hall–Kier alpha value is -1.88. The van der Waals surface area contributed by atoms with Gasteiger partial charge in [-0.1, -0.05) is 29.8 Å². The number of aryl methyl sites for hydroxylation is 1. The van der Waals surface area contributed by atoms with Gasteiger partial charge in [-0.05, 0) is 31.7 Å². The molecule has 2 unspecified atom stereocenters. The van der Waals surface area contributed by atoms with E-state index in [4.69, 9.17) is 4.74 Å². The molecule has 0 aromatic heterocycles. The highest BCUT2D eigenvalue weighted by atomic mass is 16.5. The third-order valence-corrected chi connectivity index (χ3v) is 3.66. The maximum absolute atomic E-state index is 11.8. The van der Waals surface area contributed by atoms with E-state index in [2.05, 4.69) is 5.32 Å². The summed E-state index contributed by atoms with van der Waals surface area (Å²) in [4.78, 5) is 23.2. The average Bonchev–Trinajstić information content (AvgIpc) is 2.97. The van der Waals surface area contributed by atoms with Crippen LogP contribution in [0.1, 0.15) is 24.0 Å². The number of carbonyl (C=O) groups is 2. The van der Waals surface area contributed by atoms with E-state index in [0.29, 0.717) is 19.4 Å². The summed E-state index contributed by atoms with van der Waals surface area (Å²) in [6.07, 6.45) is 1.58. The van der Waals surface area contributed by atoms with Crippen LogP contribution < -0.4 is 5.32 Å². The summed E-state index contributed by atoms with van der Waals surface area (Å²) in [6, 6.07) is 7.76. The lowest BCUT2D eigenvalue weighted by molar-refractivity contribution is -0.141. The number of benzene rings is 1. The Labute approximate surface area is 124 Å². The zero-order valence-electron chi connectivity index (χ0n) is 12.2. The van der Waals surface area contributed by atoms with Gasteiger partial charge in [-0.15, -0.1) is 0 Å². The van der Waals surface area contributed by atoms with Crippen LogP contribution in [-0.4, -0.2) is 36.2 Å². The summed E-state index contributed by atoms with van der Waals surface area (Å²) in [5.74, 6) is -1.73. The first kappa shape index (κ1) is 15.5. The molecule has 2 N–H and O–H groups in total. The minimum absolute atomic E-state index is 0.127. The van der Waals surface area contributed by atoms with Crippen LogP contribution in [0.3, 0.4) is 0 Å². The monoisotopic (exact) mass is 291 g/mol. The number of aliphatic carboxylic acids is 1. The first-order valence-electron chi connectivity index (χ1n) is 7.24. The van der Waals surface area contributed by atoms with Gasteiger partial charge in [0.15, 0.2) is 0 Å². The van der Waals surface area contributed by atoms with E-state index in [0.717, 1.165) is 17.5 Å². The summed E-state index contributed by atoms with van der Waals surface area (Å²) >= 11 is 0. The molecule has 1 aromatic carbocycles. The Balaban J connectivity index is 1.90. The van der Waals surface area contributed by atoms with Crippen molar-refractivity contribution in [3.8, 4) is 0 Å². The fraction of sp³-hybridized carbons (Fsp3) is 0.500. The lowest BCUT2D eigenvalue weighted by atomic mass is 9.98. The number of carboxylic acids is 1. The summed E-state index contributed by atoms with van der Waals surface area (Å²) < 4.78 is 5.28. The van der Waals surface area contributed by atoms with E-state index in [-0.39, 0.29) is 12.5 Å². The summed E-state index contributed by atoms with van der Waals surface area (Å²) in [5, 5.41) is 12.0. The molecular formula is C16H21NO4. The van der Waals surface area contributed by atoms with E-state index in [1.807, 2.05) is 31.2 Å². The zero-order chi connectivity index (χ0) is 15.2. The summed E-state index contributed by atoms with van der Waals surface area (Å²) in [7, 11) is 0. The number of amides is 1. The highest BCUT2D eigenvalue weighted by molar-refractivity contribution is 5.81. The molecule has 0 aliphatic carbocycles. The predicted molar refractivity (Wildman–Crippen MR) is 78.0 cm³/mol. The third-order valence-electron chi connectivity index (χ3n) is 3.66. The molecule has 0 spiro atoms. The van der Waals surface area contributed by atoms with E-state index >= 15 is 0 Å². The SMILES string of the molecule is Cc1cccc(CC(CNC(=O)C2CCCO2)C(=O)O)c1. The van der Waals surface area contributed by atoms with Crippen LogP contribution in [-0.2, 0) is 20.7 Å². The van der Waals surface area contributed by atoms with Crippen LogP contribution in [0.5, 0.6) is 0 Å². The van der Waals surface area contributed by atoms with Crippen molar-refractivity contribution in [2.75, 3.05) is 13.2 Å². The van der Waals surface area contributed by atoms with Crippen molar-refractivity contribution < 1.29 is 19.4 Å². The maximum atomic E-state index is 11.8. The van der Waals surface area contributed by atoms with Gasteiger partial charge in [-0.25, -0.2) is 0 Å². The second-order valence-electron chi connectivity index (χ2n) is 5.48. The molecule has 21 heavy (non-hydrogen) atoms. The molecule has 2 rings (SSSR count). The van der Waals surface area contributed by atoms with Crippen LogP contribution >= 0.6 is 0 Å². The predicted octanol–water partition coefficient (Wildman–Crippen LogP) is 1.53. The molecule has 0 saturated carbocycles. The molecule has 0 radical (unpaired) electrons. The number of ether oxygens (including phenoxy) is 1. The fourth-order valence-electron chi connectivity index (χ4n) is 2.49. The smallest absolute Gasteiger partial charge is 0.308 e. The summed E-state index contributed by atoms with van der Waals surface area (Å²) in [6.45, 7) is 2.70. The Bertz CT molecular complexity index is 509. The van der Waals surface area contributed by atoms with Gasteiger partial charge < -0.3 is 15.2 Å². The van der Waals surface area contributed by atoms with Crippen molar-refractivity contribution in [2.45, 2.75) is 32.3 Å². The van der Waals surface area contributed by atoms with Crippen LogP contribution in [0.15, 0.2) is 24.3 Å². The number of hydrogen-bond donors (Lipinski definition) is 2. The van der Waals surface area contributed by atoms with Crippen molar-refractivity contribution in [1.29, 1.82) is 0 Å². The molecule has 5 nitrogen and oxygen atoms in total. The minimum atomic E-state index is -0.899. The van der Waals surface area contributed by atoms with Gasteiger partial charge in [-0.3, -0.25) is 9.59 Å². The molecule has 5 heteroatoms. The van der Waals surface area contributed by atoms with Crippen molar-refractivity contribution in [3.05, 3.63) is 35.4 Å². The second kappa shape index (κ2) is 7.22. The van der Waals surface area contributed by atoms with E-state index < -0.39 is 18.0 Å². The van der Waals surface area contributed by atoms with Gasteiger partial charge in [-0.2, -0.15) is 0 Å². The van der Waals surface area contributed by atoms with Crippen LogP contribution in [0.4, 0.5) is 0 Å². The first-order chi connectivity index (χ1) is 10.1. The lowest BCUT2D eigenvalue weighted by Crippen LogP contribution is -2.39. The number of rotatable bonds is 6. The zero-order valence-corrected chi connectivity index (χ0v) is 12.2. The van der Waals surface area contributed by atoms with Gasteiger partial charge in [0.05, 0.1) is 5.92 Å². The van der Waals surface area contributed by atoms with Gasteiger partial charge in [0.1, 0.15) is 6.10 Å². The van der Waals surface area contributed by atoms with Crippen molar-refractivity contribution in [2.24, 2.45) is 5.92 Å². The van der Waals surface area contributed by atoms with E-state index in [9.17, 15) is 14.7 Å². The normalized spacial score (nSPS) is 19.2.